The first kappa shape index (κ1) is 16.1. The van der Waals surface area contributed by atoms with Crippen LogP contribution >= 0.6 is 8.25 Å². The summed E-state index contributed by atoms with van der Waals surface area (Å²) >= 11 is 0. The van der Waals surface area contributed by atoms with Crippen LogP contribution in [0.2, 0.25) is 0 Å². The zero-order valence-electron chi connectivity index (χ0n) is 10.9. The second-order valence-electron chi connectivity index (χ2n) is 4.51. The van der Waals surface area contributed by atoms with Gasteiger partial charge < -0.3 is 9.42 Å². The van der Waals surface area contributed by atoms with Crippen molar-refractivity contribution in [2.24, 2.45) is 0 Å². The maximum Gasteiger partial charge on any atom is 0.317 e. The van der Waals surface area contributed by atoms with Gasteiger partial charge in [0.05, 0.1) is 5.60 Å². The van der Waals surface area contributed by atoms with Gasteiger partial charge in [0.1, 0.15) is 0 Å². The molecule has 0 radical (unpaired) electrons. The van der Waals surface area contributed by atoms with Crippen LogP contribution in [0.15, 0.2) is 0 Å². The fourth-order valence-electron chi connectivity index (χ4n) is 2.17. The van der Waals surface area contributed by atoms with Crippen LogP contribution in [0, 0.1) is 0 Å². The van der Waals surface area contributed by atoms with Gasteiger partial charge in [-0.25, -0.2) is 0 Å². The number of unbranched alkanes of at least 4 members (excludes halogenated alkanes) is 2. The molecular weight excluding hydrogens is 223 g/mol. The lowest BCUT2D eigenvalue weighted by atomic mass is 9.87. The SMILES string of the molecule is CCCCC(CCC)(CCCC)O[PH](=O)O. The maximum atomic E-state index is 11.0. The lowest BCUT2D eigenvalue weighted by Crippen LogP contribution is -2.30. The molecule has 0 aromatic carbocycles. The van der Waals surface area contributed by atoms with Crippen LogP contribution in [-0.2, 0) is 9.09 Å². The average Bonchev–Trinajstić information content (AvgIpc) is 2.23. The minimum Gasteiger partial charge on any atom is -0.326 e. The molecule has 16 heavy (non-hydrogen) atoms. The highest BCUT2D eigenvalue weighted by atomic mass is 31.1. The monoisotopic (exact) mass is 250 g/mol. The molecule has 0 saturated heterocycles. The summed E-state index contributed by atoms with van der Waals surface area (Å²) < 4.78 is 16.4. The molecule has 0 fully saturated rings. The molecule has 0 heterocycles. The molecule has 0 aromatic rings. The Morgan fingerprint density at radius 1 is 1.00 bits per heavy atom. The van der Waals surface area contributed by atoms with E-state index in [9.17, 15) is 4.57 Å². The lowest BCUT2D eigenvalue weighted by molar-refractivity contribution is 0.0334. The van der Waals surface area contributed by atoms with E-state index in [1.54, 1.807) is 0 Å². The van der Waals surface area contributed by atoms with Crippen molar-refractivity contribution in [2.45, 2.75) is 77.7 Å². The van der Waals surface area contributed by atoms with Crippen molar-refractivity contribution >= 4 is 8.25 Å². The Morgan fingerprint density at radius 2 is 1.50 bits per heavy atom. The first-order valence-electron chi connectivity index (χ1n) is 6.52. The Hall–Kier alpha value is 0.150. The lowest BCUT2D eigenvalue weighted by Gasteiger charge is -2.32. The summed E-state index contributed by atoms with van der Waals surface area (Å²) in [6.45, 7) is 6.38. The van der Waals surface area contributed by atoms with Crippen molar-refractivity contribution in [1.29, 1.82) is 0 Å². The molecule has 0 amide bonds. The number of rotatable bonds is 10. The average molecular weight is 250 g/mol. The normalized spacial score (nSPS) is 14.0. The van der Waals surface area contributed by atoms with Gasteiger partial charge in [-0.2, -0.15) is 0 Å². The highest BCUT2D eigenvalue weighted by molar-refractivity contribution is 7.32. The van der Waals surface area contributed by atoms with E-state index in [0.29, 0.717) is 0 Å². The molecule has 0 aliphatic carbocycles. The summed E-state index contributed by atoms with van der Waals surface area (Å²) in [7, 11) is -2.82. The van der Waals surface area contributed by atoms with Crippen molar-refractivity contribution in [3.05, 3.63) is 0 Å². The van der Waals surface area contributed by atoms with Gasteiger partial charge in [-0.3, -0.25) is 4.57 Å². The summed E-state index contributed by atoms with van der Waals surface area (Å²) in [5.74, 6) is 0. The minimum atomic E-state index is -2.82. The molecule has 98 valence electrons. The van der Waals surface area contributed by atoms with E-state index in [2.05, 4.69) is 20.8 Å². The molecule has 4 heteroatoms. The molecule has 0 aromatic heterocycles. The third-order valence-corrected chi connectivity index (χ3v) is 3.59. The molecule has 0 aliphatic heterocycles. The van der Waals surface area contributed by atoms with Crippen LogP contribution in [0.5, 0.6) is 0 Å². The van der Waals surface area contributed by atoms with Crippen molar-refractivity contribution in [2.75, 3.05) is 0 Å². The Labute approximate surface area is 101 Å². The van der Waals surface area contributed by atoms with Crippen LogP contribution in [0.25, 0.3) is 0 Å². The Morgan fingerprint density at radius 3 is 1.81 bits per heavy atom. The molecular formula is C12H27O3P. The molecule has 0 aliphatic rings. The van der Waals surface area contributed by atoms with E-state index in [0.717, 1.165) is 51.4 Å². The zero-order chi connectivity index (χ0) is 12.4. The topological polar surface area (TPSA) is 46.5 Å². The van der Waals surface area contributed by atoms with Crippen molar-refractivity contribution in [3.8, 4) is 0 Å². The summed E-state index contributed by atoms with van der Waals surface area (Å²) in [5, 5.41) is 0. The molecule has 0 saturated carbocycles. The van der Waals surface area contributed by atoms with E-state index < -0.39 is 8.25 Å². The largest absolute Gasteiger partial charge is 0.326 e. The van der Waals surface area contributed by atoms with Crippen LogP contribution in [-0.4, -0.2) is 10.5 Å². The molecule has 3 nitrogen and oxygen atoms in total. The Balaban J connectivity index is 4.51. The smallest absolute Gasteiger partial charge is 0.317 e. The summed E-state index contributed by atoms with van der Waals surface area (Å²) in [6, 6.07) is 0. The molecule has 0 spiro atoms. The maximum absolute atomic E-state index is 11.0. The summed E-state index contributed by atoms with van der Waals surface area (Å²) in [6.07, 6.45) is 8.06. The van der Waals surface area contributed by atoms with Gasteiger partial charge in [0, 0.05) is 0 Å². The van der Waals surface area contributed by atoms with Crippen LogP contribution < -0.4 is 0 Å². The molecule has 0 bridgehead atoms. The van der Waals surface area contributed by atoms with Gasteiger partial charge in [-0.05, 0) is 19.3 Å². The molecule has 0 rings (SSSR count). The Kier molecular flexibility index (Phi) is 9.29. The predicted octanol–water partition coefficient (Wildman–Crippen LogP) is 4.30. The van der Waals surface area contributed by atoms with E-state index in [1.165, 1.54) is 0 Å². The standard InChI is InChI=1S/C12H27O3P/c1-4-7-10-12(9-6-3,11-8-5-2)15-16(13)14/h16H,4-11H2,1-3H3,(H,13,14). The van der Waals surface area contributed by atoms with E-state index in [-0.39, 0.29) is 5.60 Å². The second kappa shape index (κ2) is 9.21. The van der Waals surface area contributed by atoms with Crippen LogP contribution in [0.4, 0.5) is 0 Å². The summed E-state index contributed by atoms with van der Waals surface area (Å²) in [5.41, 5.74) is -0.342. The highest BCUT2D eigenvalue weighted by Crippen LogP contribution is 2.38. The first-order valence-corrected chi connectivity index (χ1v) is 7.78. The zero-order valence-corrected chi connectivity index (χ0v) is 11.9. The fourth-order valence-corrected chi connectivity index (χ4v) is 2.84. The quantitative estimate of drug-likeness (QED) is 0.588. The van der Waals surface area contributed by atoms with Gasteiger partial charge in [-0.1, -0.05) is 52.9 Å². The Bertz CT molecular complexity index is 187. The van der Waals surface area contributed by atoms with Gasteiger partial charge in [-0.15, -0.1) is 0 Å². The van der Waals surface area contributed by atoms with E-state index >= 15 is 0 Å². The molecule has 1 atom stereocenters. The fraction of sp³-hybridized carbons (Fsp3) is 1.00. The second-order valence-corrected chi connectivity index (χ2v) is 5.24. The third kappa shape index (κ3) is 6.67. The van der Waals surface area contributed by atoms with Crippen molar-refractivity contribution in [3.63, 3.8) is 0 Å². The minimum absolute atomic E-state index is 0.342. The van der Waals surface area contributed by atoms with Gasteiger partial charge in [0.25, 0.3) is 0 Å². The number of hydrogen-bond acceptors (Lipinski definition) is 2. The highest BCUT2D eigenvalue weighted by Gasteiger charge is 2.30. The predicted molar refractivity (Wildman–Crippen MR) is 69.0 cm³/mol. The van der Waals surface area contributed by atoms with Crippen LogP contribution in [0.3, 0.4) is 0 Å². The number of hydrogen-bond donors (Lipinski definition) is 1. The molecule has 1 N–H and O–H groups in total. The van der Waals surface area contributed by atoms with Crippen LogP contribution in [0.1, 0.15) is 72.1 Å². The summed E-state index contributed by atoms with van der Waals surface area (Å²) in [4.78, 5) is 9.04. The van der Waals surface area contributed by atoms with Gasteiger partial charge >= 0.3 is 8.25 Å². The third-order valence-electron chi connectivity index (χ3n) is 2.98. The molecule has 1 unspecified atom stereocenters. The van der Waals surface area contributed by atoms with Gasteiger partial charge in [0.15, 0.2) is 0 Å². The first-order chi connectivity index (χ1) is 7.60. The van der Waals surface area contributed by atoms with Gasteiger partial charge in [0.2, 0.25) is 0 Å². The van der Waals surface area contributed by atoms with E-state index in [1.807, 2.05) is 0 Å². The van der Waals surface area contributed by atoms with Crippen molar-refractivity contribution in [1.82, 2.24) is 0 Å². The van der Waals surface area contributed by atoms with Crippen molar-refractivity contribution < 1.29 is 14.0 Å². The van der Waals surface area contributed by atoms with E-state index in [4.69, 9.17) is 9.42 Å².